The Labute approximate surface area is 61.3 Å². The quantitative estimate of drug-likeness (QED) is 0.404. The summed E-state index contributed by atoms with van der Waals surface area (Å²) in [4.78, 5) is 2.17. The molecule has 1 unspecified atom stereocenters. The molecule has 58 valence electrons. The standard InChI is InChI=1S/C7H14N2O/c1-9-5-3-2-4-7(9)6-8-10/h6-7,10H,2-5H2,1H3/p-1. The van der Waals surface area contributed by atoms with E-state index in [1.807, 2.05) is 7.05 Å². The van der Waals surface area contributed by atoms with Gasteiger partial charge in [-0.2, -0.15) is 0 Å². The average molecular weight is 141 g/mol. The molecule has 0 aromatic heterocycles. The Hall–Kier alpha value is -0.570. The van der Waals surface area contributed by atoms with Crippen LogP contribution < -0.4 is 0 Å². The van der Waals surface area contributed by atoms with Gasteiger partial charge in [0, 0.05) is 12.3 Å². The minimum Gasteiger partial charge on any atom is -0.792 e. The second-order valence-corrected chi connectivity index (χ2v) is 2.80. The second kappa shape index (κ2) is 3.56. The Morgan fingerprint density at radius 3 is 3.00 bits per heavy atom. The predicted molar refractivity (Wildman–Crippen MR) is 42.1 cm³/mol. The van der Waals surface area contributed by atoms with Gasteiger partial charge in [0.05, 0.1) is 0 Å². The molecular formula is C7H13N2O-. The van der Waals surface area contributed by atoms with Gasteiger partial charge in [0.25, 0.3) is 0 Å². The van der Waals surface area contributed by atoms with Gasteiger partial charge < -0.3 is 10.4 Å². The van der Waals surface area contributed by atoms with Crippen molar-refractivity contribution < 1.29 is 0 Å². The summed E-state index contributed by atoms with van der Waals surface area (Å²) in [7, 11) is 2.03. The minimum atomic E-state index is 0.297. The smallest absolute Gasteiger partial charge is 0.0439 e. The number of hydrogen-bond acceptors (Lipinski definition) is 3. The molecule has 0 N–H and O–H groups in total. The van der Waals surface area contributed by atoms with Crippen LogP contribution in [0.3, 0.4) is 0 Å². The molecule has 0 amide bonds. The van der Waals surface area contributed by atoms with Crippen LogP contribution in [0.25, 0.3) is 0 Å². The third-order valence-corrected chi connectivity index (χ3v) is 2.06. The SMILES string of the molecule is CN1CCCCC1C=N[O-]. The lowest BCUT2D eigenvalue weighted by molar-refractivity contribution is 0.239. The number of likely N-dealkylation sites (tertiary alicyclic amines) is 1. The Kier molecular flexibility index (Phi) is 2.68. The molecular weight excluding hydrogens is 128 g/mol. The van der Waals surface area contributed by atoms with Gasteiger partial charge in [-0.1, -0.05) is 6.42 Å². The fraction of sp³-hybridized carbons (Fsp3) is 0.857. The van der Waals surface area contributed by atoms with Crippen LogP contribution in [-0.4, -0.2) is 30.7 Å². The van der Waals surface area contributed by atoms with Gasteiger partial charge in [0.1, 0.15) is 0 Å². The molecule has 0 spiro atoms. The molecule has 0 aliphatic carbocycles. The zero-order valence-electron chi connectivity index (χ0n) is 6.29. The lowest BCUT2D eigenvalue weighted by Gasteiger charge is -2.29. The van der Waals surface area contributed by atoms with E-state index in [2.05, 4.69) is 10.1 Å². The van der Waals surface area contributed by atoms with Crippen molar-refractivity contribution in [3.05, 3.63) is 5.21 Å². The number of hydrogen-bond donors (Lipinski definition) is 0. The normalized spacial score (nSPS) is 29.5. The predicted octanol–water partition coefficient (Wildman–Crippen LogP) is 1.04. The molecule has 0 aromatic carbocycles. The van der Waals surface area contributed by atoms with E-state index in [0.717, 1.165) is 13.0 Å². The lowest BCUT2D eigenvalue weighted by atomic mass is 10.0. The highest BCUT2D eigenvalue weighted by atomic mass is 16.4. The molecule has 3 nitrogen and oxygen atoms in total. The zero-order chi connectivity index (χ0) is 7.40. The van der Waals surface area contributed by atoms with Crippen molar-refractivity contribution in [1.82, 2.24) is 4.90 Å². The number of piperidine rings is 1. The zero-order valence-corrected chi connectivity index (χ0v) is 6.29. The maximum absolute atomic E-state index is 9.89. The van der Waals surface area contributed by atoms with Crippen LogP contribution in [0.15, 0.2) is 5.16 Å². The van der Waals surface area contributed by atoms with E-state index in [4.69, 9.17) is 0 Å². The summed E-state index contributed by atoms with van der Waals surface area (Å²) < 4.78 is 0. The van der Waals surface area contributed by atoms with Gasteiger partial charge in [-0.3, -0.25) is 4.90 Å². The molecule has 1 aliphatic heterocycles. The fourth-order valence-electron chi connectivity index (χ4n) is 1.36. The molecule has 1 fully saturated rings. The first-order valence-corrected chi connectivity index (χ1v) is 3.70. The summed E-state index contributed by atoms with van der Waals surface area (Å²) in [5.41, 5.74) is 0. The third-order valence-electron chi connectivity index (χ3n) is 2.06. The van der Waals surface area contributed by atoms with E-state index >= 15 is 0 Å². The number of rotatable bonds is 1. The highest BCUT2D eigenvalue weighted by Gasteiger charge is 2.15. The molecule has 10 heavy (non-hydrogen) atoms. The highest BCUT2D eigenvalue weighted by molar-refractivity contribution is 5.64. The first-order chi connectivity index (χ1) is 4.84. The van der Waals surface area contributed by atoms with Gasteiger partial charge in [-0.15, -0.1) is 0 Å². The van der Waals surface area contributed by atoms with Crippen LogP contribution in [0.5, 0.6) is 0 Å². The molecule has 1 aliphatic rings. The molecule has 1 atom stereocenters. The van der Waals surface area contributed by atoms with Crippen molar-refractivity contribution in [1.29, 1.82) is 0 Å². The van der Waals surface area contributed by atoms with Crippen LogP contribution in [0.4, 0.5) is 0 Å². The fourth-order valence-corrected chi connectivity index (χ4v) is 1.36. The summed E-state index contributed by atoms with van der Waals surface area (Å²) in [6.45, 7) is 1.09. The third kappa shape index (κ3) is 1.70. The van der Waals surface area contributed by atoms with E-state index in [9.17, 15) is 5.21 Å². The summed E-state index contributed by atoms with van der Waals surface area (Å²) in [5, 5.41) is 12.7. The van der Waals surface area contributed by atoms with Crippen molar-refractivity contribution in [2.24, 2.45) is 5.16 Å². The van der Waals surface area contributed by atoms with E-state index < -0.39 is 0 Å². The second-order valence-electron chi connectivity index (χ2n) is 2.80. The topological polar surface area (TPSA) is 38.7 Å². The molecule has 1 rings (SSSR count). The van der Waals surface area contributed by atoms with Gasteiger partial charge in [0.2, 0.25) is 0 Å². The van der Waals surface area contributed by atoms with Gasteiger partial charge in [0.15, 0.2) is 0 Å². The molecule has 3 heteroatoms. The Bertz CT molecular complexity index is 125. The van der Waals surface area contributed by atoms with Crippen LogP contribution in [0.2, 0.25) is 0 Å². The molecule has 0 saturated carbocycles. The maximum Gasteiger partial charge on any atom is 0.0439 e. The van der Waals surface area contributed by atoms with E-state index in [1.54, 1.807) is 0 Å². The van der Waals surface area contributed by atoms with Crippen molar-refractivity contribution >= 4 is 6.21 Å². The van der Waals surface area contributed by atoms with Gasteiger partial charge in [-0.05, 0) is 26.4 Å². The first-order valence-electron chi connectivity index (χ1n) is 3.70. The first kappa shape index (κ1) is 7.54. The van der Waals surface area contributed by atoms with E-state index in [0.29, 0.717) is 6.04 Å². The molecule has 0 radical (unpaired) electrons. The summed E-state index contributed by atoms with van der Waals surface area (Å²) >= 11 is 0. The largest absolute Gasteiger partial charge is 0.792 e. The van der Waals surface area contributed by atoms with Gasteiger partial charge in [-0.25, -0.2) is 0 Å². The molecule has 0 aromatic rings. The van der Waals surface area contributed by atoms with Crippen molar-refractivity contribution in [3.8, 4) is 0 Å². The average Bonchev–Trinajstić information content (AvgIpc) is 1.94. The Balaban J connectivity index is 2.39. The summed E-state index contributed by atoms with van der Waals surface area (Å²) in [6, 6.07) is 0.297. The van der Waals surface area contributed by atoms with Crippen LogP contribution >= 0.6 is 0 Å². The number of nitrogens with zero attached hydrogens (tertiary/aromatic N) is 2. The summed E-state index contributed by atoms with van der Waals surface area (Å²) in [5.74, 6) is 0. The molecule has 1 heterocycles. The molecule has 0 bridgehead atoms. The van der Waals surface area contributed by atoms with Crippen molar-refractivity contribution in [2.75, 3.05) is 13.6 Å². The summed E-state index contributed by atoms with van der Waals surface area (Å²) in [6.07, 6.45) is 5.06. The Morgan fingerprint density at radius 1 is 1.60 bits per heavy atom. The maximum atomic E-state index is 9.89. The monoisotopic (exact) mass is 141 g/mol. The van der Waals surface area contributed by atoms with Crippen LogP contribution in [0.1, 0.15) is 19.3 Å². The van der Waals surface area contributed by atoms with E-state index in [-0.39, 0.29) is 0 Å². The minimum absolute atomic E-state index is 0.297. The van der Waals surface area contributed by atoms with E-state index in [1.165, 1.54) is 19.1 Å². The van der Waals surface area contributed by atoms with Crippen molar-refractivity contribution in [2.45, 2.75) is 25.3 Å². The highest BCUT2D eigenvalue weighted by Crippen LogP contribution is 2.12. The van der Waals surface area contributed by atoms with Crippen molar-refractivity contribution in [3.63, 3.8) is 0 Å². The van der Waals surface area contributed by atoms with Gasteiger partial charge >= 0.3 is 0 Å². The van der Waals surface area contributed by atoms with Crippen LogP contribution in [-0.2, 0) is 0 Å². The lowest BCUT2D eigenvalue weighted by Crippen LogP contribution is -2.37. The Morgan fingerprint density at radius 2 is 2.40 bits per heavy atom. The van der Waals surface area contributed by atoms with Crippen LogP contribution in [0, 0.1) is 5.21 Å². The molecule has 1 saturated heterocycles.